The largest absolute Gasteiger partial charge is 0.508 e. The summed E-state index contributed by atoms with van der Waals surface area (Å²) in [7, 11) is 0. The van der Waals surface area contributed by atoms with E-state index in [0.29, 0.717) is 28.0 Å². The number of nitrogens with one attached hydrogen (secondary N) is 2. The number of amides is 2. The number of carbonyl (C=O) groups is 1. The SMILES string of the molecule is C[C@@H]1[C@H](CSc2nnnn2-c2ccc(O)cc2)O[C@H](c2ccc(NC(=O)Nc3ccc(Oc4ccccc4)cc3)cc2)O[C@@H]1c1ccc(CO)cc1. The number of anilines is 2. The molecular weight excluding hydrogens is 681 g/mol. The number of aromatic nitrogens is 4. The van der Waals surface area contributed by atoms with E-state index in [1.165, 1.54) is 11.8 Å². The molecule has 7 rings (SSSR count). The predicted molar refractivity (Wildman–Crippen MR) is 197 cm³/mol. The highest BCUT2D eigenvalue weighted by atomic mass is 32.2. The minimum Gasteiger partial charge on any atom is -0.508 e. The van der Waals surface area contributed by atoms with E-state index < -0.39 is 6.29 Å². The standard InChI is InChI=1S/C39H36N6O6S/c1-25-35(24-52-39-42-43-44-45(39)31-17-19-32(47)20-18-31)50-37(51-36(25)27-9-7-26(23-46)8-10-27)28-11-13-29(14-12-28)40-38(48)41-30-15-21-34(22-16-30)49-33-5-3-2-4-6-33/h2-22,25,35-37,46-47H,23-24H2,1H3,(H2,40,41,48)/t25-,35+,36+,37+/m1/s1. The first kappa shape index (κ1) is 34.7. The zero-order chi connectivity index (χ0) is 35.9. The number of ether oxygens (including phenoxy) is 3. The number of aliphatic hydroxyl groups excluding tert-OH is 1. The quantitative estimate of drug-likeness (QED) is 0.0975. The van der Waals surface area contributed by atoms with E-state index in [0.717, 1.165) is 28.1 Å². The lowest BCUT2D eigenvalue weighted by atomic mass is 9.91. The first-order chi connectivity index (χ1) is 25.4. The Hall–Kier alpha value is -5.73. The van der Waals surface area contributed by atoms with Crippen molar-refractivity contribution in [3.05, 3.63) is 144 Å². The van der Waals surface area contributed by atoms with Crippen LogP contribution in [0.5, 0.6) is 17.2 Å². The van der Waals surface area contributed by atoms with Gasteiger partial charge in [0, 0.05) is 28.6 Å². The van der Waals surface area contributed by atoms with Gasteiger partial charge in [0.1, 0.15) is 17.2 Å². The van der Waals surface area contributed by atoms with E-state index in [1.54, 1.807) is 65.3 Å². The van der Waals surface area contributed by atoms with Crippen molar-refractivity contribution >= 4 is 29.2 Å². The van der Waals surface area contributed by atoms with Crippen LogP contribution >= 0.6 is 11.8 Å². The Balaban J connectivity index is 1.02. The molecule has 12 nitrogen and oxygen atoms in total. The van der Waals surface area contributed by atoms with Gasteiger partial charge in [0.15, 0.2) is 6.29 Å². The molecule has 1 aromatic heterocycles. The van der Waals surface area contributed by atoms with Crippen LogP contribution in [0.15, 0.2) is 133 Å². The van der Waals surface area contributed by atoms with Gasteiger partial charge in [0.25, 0.3) is 0 Å². The second-order valence-corrected chi connectivity index (χ2v) is 13.2. The molecule has 4 atom stereocenters. The van der Waals surface area contributed by atoms with Gasteiger partial charge >= 0.3 is 6.03 Å². The van der Waals surface area contributed by atoms with Crippen LogP contribution in [0, 0.1) is 5.92 Å². The van der Waals surface area contributed by atoms with Crippen molar-refractivity contribution in [3.63, 3.8) is 0 Å². The van der Waals surface area contributed by atoms with Gasteiger partial charge in [0.2, 0.25) is 5.16 Å². The highest BCUT2D eigenvalue weighted by Gasteiger charge is 2.38. The van der Waals surface area contributed by atoms with Crippen LogP contribution in [0.1, 0.15) is 36.0 Å². The summed E-state index contributed by atoms with van der Waals surface area (Å²) in [5.74, 6) is 2.03. The van der Waals surface area contributed by atoms with Crippen LogP contribution in [0.2, 0.25) is 0 Å². The molecule has 13 heteroatoms. The van der Waals surface area contributed by atoms with Gasteiger partial charge < -0.3 is 35.1 Å². The molecule has 1 aliphatic heterocycles. The molecule has 0 saturated carbocycles. The summed E-state index contributed by atoms with van der Waals surface area (Å²) in [6, 6.07) is 38.0. The number of phenolic OH excluding ortho intramolecular Hbond substituents is 1. The van der Waals surface area contributed by atoms with Gasteiger partial charge in [-0.3, -0.25) is 0 Å². The molecule has 52 heavy (non-hydrogen) atoms. The third kappa shape index (κ3) is 8.41. The molecular formula is C39H36N6O6S. The zero-order valence-corrected chi connectivity index (χ0v) is 28.9. The first-order valence-corrected chi connectivity index (χ1v) is 17.6. The van der Waals surface area contributed by atoms with E-state index in [9.17, 15) is 15.0 Å². The number of para-hydroxylation sites is 1. The van der Waals surface area contributed by atoms with Crippen LogP contribution in [-0.2, 0) is 16.1 Å². The molecule has 1 fully saturated rings. The molecule has 0 aliphatic carbocycles. The Bertz CT molecular complexity index is 2060. The number of hydrogen-bond acceptors (Lipinski definition) is 10. The smallest absolute Gasteiger partial charge is 0.323 e. The van der Waals surface area contributed by atoms with Crippen molar-refractivity contribution in [2.45, 2.75) is 37.2 Å². The van der Waals surface area contributed by atoms with Crippen molar-refractivity contribution in [1.29, 1.82) is 0 Å². The molecule has 1 aliphatic rings. The number of tetrazole rings is 1. The summed E-state index contributed by atoms with van der Waals surface area (Å²) in [5.41, 5.74) is 4.50. The molecule has 0 spiro atoms. The second kappa shape index (κ2) is 16.1. The normalized spacial score (nSPS) is 18.4. The number of thioether (sulfide) groups is 1. The molecule has 4 N–H and O–H groups in total. The number of aliphatic hydroxyl groups is 1. The van der Waals surface area contributed by atoms with E-state index in [4.69, 9.17) is 14.2 Å². The van der Waals surface area contributed by atoms with Gasteiger partial charge in [-0.25, -0.2) is 4.79 Å². The summed E-state index contributed by atoms with van der Waals surface area (Å²) < 4.78 is 20.6. The van der Waals surface area contributed by atoms with Crippen molar-refractivity contribution in [3.8, 4) is 22.9 Å². The Morgan fingerprint density at radius 1 is 0.808 bits per heavy atom. The minimum absolute atomic E-state index is 0.0451. The summed E-state index contributed by atoms with van der Waals surface area (Å²) in [6.07, 6.45) is -1.26. The van der Waals surface area contributed by atoms with E-state index >= 15 is 0 Å². The number of phenols is 1. The molecule has 0 radical (unpaired) electrons. The monoisotopic (exact) mass is 716 g/mol. The topological polar surface area (TPSA) is 153 Å². The first-order valence-electron chi connectivity index (χ1n) is 16.6. The van der Waals surface area contributed by atoms with Gasteiger partial charge in [-0.15, -0.1) is 5.10 Å². The highest BCUT2D eigenvalue weighted by molar-refractivity contribution is 7.99. The van der Waals surface area contributed by atoms with E-state index in [2.05, 4.69) is 33.1 Å². The number of carbonyl (C=O) groups excluding carboxylic acids is 1. The summed E-state index contributed by atoms with van der Waals surface area (Å²) >= 11 is 1.46. The van der Waals surface area contributed by atoms with Crippen LogP contribution in [0.4, 0.5) is 16.2 Å². The van der Waals surface area contributed by atoms with Crippen LogP contribution in [-0.4, -0.2) is 48.3 Å². The maximum atomic E-state index is 12.8. The third-order valence-electron chi connectivity index (χ3n) is 8.57. The van der Waals surface area contributed by atoms with Gasteiger partial charge in [-0.2, -0.15) is 4.68 Å². The average Bonchev–Trinajstić information content (AvgIpc) is 3.65. The van der Waals surface area contributed by atoms with Gasteiger partial charge in [-0.1, -0.05) is 73.3 Å². The Kier molecular flexibility index (Phi) is 10.7. The lowest BCUT2D eigenvalue weighted by molar-refractivity contribution is -0.268. The molecule has 6 aromatic rings. The van der Waals surface area contributed by atoms with Crippen molar-refractivity contribution in [2.24, 2.45) is 5.92 Å². The third-order valence-corrected chi connectivity index (χ3v) is 9.58. The van der Waals surface area contributed by atoms with E-state index in [-0.39, 0.29) is 36.5 Å². The fraction of sp³-hybridized carbons (Fsp3) is 0.179. The highest BCUT2D eigenvalue weighted by Crippen LogP contribution is 2.43. The lowest BCUT2D eigenvalue weighted by Gasteiger charge is -2.41. The van der Waals surface area contributed by atoms with Crippen molar-refractivity contribution in [1.82, 2.24) is 20.2 Å². The Labute approximate surface area is 304 Å². The molecule has 2 heterocycles. The molecule has 264 valence electrons. The number of rotatable bonds is 11. The fourth-order valence-corrected chi connectivity index (χ4v) is 6.79. The maximum absolute atomic E-state index is 12.8. The number of hydrogen-bond donors (Lipinski definition) is 4. The summed E-state index contributed by atoms with van der Waals surface area (Å²) in [4.78, 5) is 12.8. The fourth-order valence-electron chi connectivity index (χ4n) is 5.74. The number of nitrogens with zero attached hydrogens (tertiary/aromatic N) is 4. The number of aromatic hydroxyl groups is 1. The summed E-state index contributed by atoms with van der Waals surface area (Å²) in [6.45, 7) is 2.04. The molecule has 0 bridgehead atoms. The predicted octanol–water partition coefficient (Wildman–Crippen LogP) is 7.88. The van der Waals surface area contributed by atoms with Crippen LogP contribution < -0.4 is 15.4 Å². The molecule has 2 amide bonds. The Morgan fingerprint density at radius 2 is 1.44 bits per heavy atom. The lowest BCUT2D eigenvalue weighted by Crippen LogP contribution is -2.38. The zero-order valence-electron chi connectivity index (χ0n) is 28.1. The van der Waals surface area contributed by atoms with Crippen molar-refractivity contribution in [2.75, 3.05) is 16.4 Å². The second-order valence-electron chi connectivity index (χ2n) is 12.2. The summed E-state index contributed by atoms with van der Waals surface area (Å²) in [5, 5.41) is 37.8. The number of urea groups is 1. The van der Waals surface area contributed by atoms with Crippen LogP contribution in [0.25, 0.3) is 5.69 Å². The number of benzene rings is 5. The Morgan fingerprint density at radius 3 is 2.12 bits per heavy atom. The average molecular weight is 717 g/mol. The molecule has 1 saturated heterocycles. The van der Waals surface area contributed by atoms with Gasteiger partial charge in [0.05, 0.1) is 24.5 Å². The van der Waals surface area contributed by atoms with Crippen molar-refractivity contribution < 1.29 is 29.2 Å². The van der Waals surface area contributed by atoms with Crippen LogP contribution in [0.3, 0.4) is 0 Å². The minimum atomic E-state index is -0.697. The maximum Gasteiger partial charge on any atom is 0.323 e. The van der Waals surface area contributed by atoms with E-state index in [1.807, 2.05) is 66.7 Å². The molecule has 0 unspecified atom stereocenters. The molecule has 5 aromatic carbocycles. The van der Waals surface area contributed by atoms with Gasteiger partial charge in [-0.05, 0) is 94.4 Å².